The number of rotatable bonds is 7. The predicted molar refractivity (Wildman–Crippen MR) is 131 cm³/mol. The van der Waals surface area contributed by atoms with Crippen LogP contribution in [-0.4, -0.2) is 24.2 Å². The molecule has 0 aliphatic heterocycles. The number of nitrogens with one attached hydrogen (secondary N) is 1. The van der Waals surface area contributed by atoms with Gasteiger partial charge in [-0.2, -0.15) is 5.10 Å². The summed E-state index contributed by atoms with van der Waals surface area (Å²) in [5, 5.41) is 5.73. The standard InChI is InChI=1S/C25H19Cl2N3O3/c1-32-22-10-7-16(14-29-30-25(31)20-9-8-19(26)13-21(20)27)12-18(22)15-33-23-6-2-4-17-5-3-11-28-24(17)23/h2-14H,15H2,1H3,(H,30,31). The largest absolute Gasteiger partial charge is 0.496 e. The number of amides is 1. The summed E-state index contributed by atoms with van der Waals surface area (Å²) in [7, 11) is 1.60. The number of methoxy groups -OCH3 is 1. The number of halogens is 2. The first-order valence-electron chi connectivity index (χ1n) is 9.97. The molecule has 3 aromatic carbocycles. The van der Waals surface area contributed by atoms with Crippen LogP contribution in [-0.2, 0) is 6.61 Å². The fourth-order valence-electron chi connectivity index (χ4n) is 3.24. The molecule has 1 aromatic heterocycles. The van der Waals surface area contributed by atoms with Crippen LogP contribution in [0.15, 0.2) is 78.0 Å². The maximum atomic E-state index is 12.3. The molecule has 0 spiro atoms. The van der Waals surface area contributed by atoms with E-state index in [1.165, 1.54) is 12.3 Å². The summed E-state index contributed by atoms with van der Waals surface area (Å²) in [6, 6.07) is 19.8. The van der Waals surface area contributed by atoms with E-state index in [1.54, 1.807) is 25.4 Å². The van der Waals surface area contributed by atoms with Crippen LogP contribution in [0.5, 0.6) is 11.5 Å². The summed E-state index contributed by atoms with van der Waals surface area (Å²) in [6.45, 7) is 0.271. The molecule has 166 valence electrons. The van der Waals surface area contributed by atoms with Crippen molar-refractivity contribution in [1.29, 1.82) is 0 Å². The number of pyridine rings is 1. The number of hydrogen-bond donors (Lipinski definition) is 1. The van der Waals surface area contributed by atoms with E-state index < -0.39 is 5.91 Å². The van der Waals surface area contributed by atoms with E-state index >= 15 is 0 Å². The van der Waals surface area contributed by atoms with Gasteiger partial charge in [0.05, 0.1) is 23.9 Å². The van der Waals surface area contributed by atoms with Gasteiger partial charge in [-0.25, -0.2) is 5.43 Å². The van der Waals surface area contributed by atoms with Crippen molar-refractivity contribution >= 4 is 46.2 Å². The Morgan fingerprint density at radius 2 is 1.91 bits per heavy atom. The molecule has 1 heterocycles. The summed E-state index contributed by atoms with van der Waals surface area (Å²) >= 11 is 11.9. The van der Waals surface area contributed by atoms with Crippen molar-refractivity contribution in [1.82, 2.24) is 10.4 Å². The van der Waals surface area contributed by atoms with Gasteiger partial charge in [-0.15, -0.1) is 0 Å². The van der Waals surface area contributed by atoms with Crippen molar-refractivity contribution in [3.8, 4) is 11.5 Å². The Kier molecular flexibility index (Phi) is 7.07. The highest BCUT2D eigenvalue weighted by atomic mass is 35.5. The molecule has 0 saturated carbocycles. The molecule has 0 fully saturated rings. The highest BCUT2D eigenvalue weighted by molar-refractivity contribution is 6.36. The molecule has 1 N–H and O–H groups in total. The third kappa shape index (κ3) is 5.42. The number of hydrazone groups is 1. The Balaban J connectivity index is 1.47. The normalized spacial score (nSPS) is 11.0. The molecule has 0 saturated heterocycles. The van der Waals surface area contributed by atoms with Crippen LogP contribution in [0.1, 0.15) is 21.5 Å². The summed E-state index contributed by atoms with van der Waals surface area (Å²) < 4.78 is 11.5. The number of aromatic nitrogens is 1. The zero-order chi connectivity index (χ0) is 23.2. The number of ether oxygens (including phenoxy) is 2. The Morgan fingerprint density at radius 3 is 2.73 bits per heavy atom. The van der Waals surface area contributed by atoms with Crippen molar-refractivity contribution in [2.75, 3.05) is 7.11 Å². The Hall–Kier alpha value is -3.61. The van der Waals surface area contributed by atoms with Gasteiger partial charge in [0.15, 0.2) is 0 Å². The molecule has 0 aliphatic carbocycles. The van der Waals surface area contributed by atoms with Crippen molar-refractivity contribution < 1.29 is 14.3 Å². The van der Waals surface area contributed by atoms with Crippen LogP contribution in [0, 0.1) is 0 Å². The third-order valence-corrected chi connectivity index (χ3v) is 5.39. The number of fused-ring (bicyclic) bond motifs is 1. The first-order valence-corrected chi connectivity index (χ1v) is 10.7. The number of carbonyl (C=O) groups is 1. The van der Waals surface area contributed by atoms with Crippen LogP contribution in [0.2, 0.25) is 10.0 Å². The molecule has 1 amide bonds. The highest BCUT2D eigenvalue weighted by Crippen LogP contribution is 2.26. The summed E-state index contributed by atoms with van der Waals surface area (Å²) in [5.74, 6) is 0.923. The predicted octanol–water partition coefficient (Wildman–Crippen LogP) is 5.89. The molecule has 6 nitrogen and oxygen atoms in total. The molecule has 33 heavy (non-hydrogen) atoms. The molecule has 0 bridgehead atoms. The lowest BCUT2D eigenvalue weighted by molar-refractivity contribution is 0.0955. The highest BCUT2D eigenvalue weighted by Gasteiger charge is 2.10. The maximum Gasteiger partial charge on any atom is 0.272 e. The van der Waals surface area contributed by atoms with Crippen LogP contribution in [0.25, 0.3) is 10.9 Å². The zero-order valence-corrected chi connectivity index (χ0v) is 19.1. The van der Waals surface area contributed by atoms with E-state index in [0.717, 1.165) is 22.0 Å². The molecular formula is C25H19Cl2N3O3. The van der Waals surface area contributed by atoms with Gasteiger partial charge in [-0.05, 0) is 54.1 Å². The Bertz CT molecular complexity index is 1340. The van der Waals surface area contributed by atoms with E-state index in [1.807, 2.05) is 48.5 Å². The maximum absolute atomic E-state index is 12.3. The third-order valence-electron chi connectivity index (χ3n) is 4.84. The fourth-order valence-corrected chi connectivity index (χ4v) is 3.73. The van der Waals surface area contributed by atoms with Crippen molar-refractivity contribution in [3.05, 3.63) is 99.7 Å². The van der Waals surface area contributed by atoms with E-state index in [9.17, 15) is 4.79 Å². The van der Waals surface area contributed by atoms with Gasteiger partial charge in [-0.1, -0.05) is 41.4 Å². The minimum atomic E-state index is -0.437. The van der Waals surface area contributed by atoms with Gasteiger partial charge in [0.1, 0.15) is 23.6 Å². The lowest BCUT2D eigenvalue weighted by Crippen LogP contribution is -2.18. The molecule has 8 heteroatoms. The Morgan fingerprint density at radius 1 is 1.06 bits per heavy atom. The Labute approximate surface area is 200 Å². The van der Waals surface area contributed by atoms with Gasteiger partial charge >= 0.3 is 0 Å². The smallest absolute Gasteiger partial charge is 0.272 e. The average molecular weight is 480 g/mol. The summed E-state index contributed by atoms with van der Waals surface area (Å²) in [5.41, 5.74) is 5.12. The molecule has 0 aliphatic rings. The summed E-state index contributed by atoms with van der Waals surface area (Å²) in [6.07, 6.45) is 3.27. The number of hydrogen-bond acceptors (Lipinski definition) is 5. The van der Waals surface area contributed by atoms with Gasteiger partial charge in [0.25, 0.3) is 5.91 Å². The number of nitrogens with zero attached hydrogens (tertiary/aromatic N) is 2. The second-order valence-electron chi connectivity index (χ2n) is 7.01. The van der Waals surface area contributed by atoms with E-state index in [4.69, 9.17) is 32.7 Å². The quantitative estimate of drug-likeness (QED) is 0.264. The molecule has 4 rings (SSSR count). The second kappa shape index (κ2) is 10.3. The number of para-hydroxylation sites is 1. The minimum Gasteiger partial charge on any atom is -0.496 e. The van der Waals surface area contributed by atoms with Crippen molar-refractivity contribution in [2.45, 2.75) is 6.61 Å². The molecule has 0 radical (unpaired) electrons. The van der Waals surface area contributed by atoms with Crippen LogP contribution >= 0.6 is 23.2 Å². The fraction of sp³-hybridized carbons (Fsp3) is 0.0800. The molecule has 4 aromatic rings. The van der Waals surface area contributed by atoms with Crippen LogP contribution in [0.3, 0.4) is 0 Å². The van der Waals surface area contributed by atoms with E-state index in [-0.39, 0.29) is 17.2 Å². The van der Waals surface area contributed by atoms with E-state index in [0.29, 0.717) is 16.5 Å². The first kappa shape index (κ1) is 22.6. The topological polar surface area (TPSA) is 72.8 Å². The van der Waals surface area contributed by atoms with Gasteiger partial charge in [-0.3, -0.25) is 9.78 Å². The van der Waals surface area contributed by atoms with Crippen LogP contribution in [0.4, 0.5) is 0 Å². The zero-order valence-electron chi connectivity index (χ0n) is 17.6. The van der Waals surface area contributed by atoms with Crippen molar-refractivity contribution in [2.24, 2.45) is 5.10 Å². The number of carbonyl (C=O) groups excluding carboxylic acids is 1. The second-order valence-corrected chi connectivity index (χ2v) is 7.86. The van der Waals surface area contributed by atoms with Crippen molar-refractivity contribution in [3.63, 3.8) is 0 Å². The summed E-state index contributed by atoms with van der Waals surface area (Å²) in [4.78, 5) is 16.7. The van der Waals surface area contributed by atoms with Gasteiger partial charge in [0.2, 0.25) is 0 Å². The average Bonchev–Trinajstić information content (AvgIpc) is 2.82. The SMILES string of the molecule is COc1ccc(C=NNC(=O)c2ccc(Cl)cc2Cl)cc1COc1cccc2cccnc12. The minimum absolute atomic E-state index is 0.252. The molecular weight excluding hydrogens is 461 g/mol. The van der Waals surface area contributed by atoms with Gasteiger partial charge < -0.3 is 9.47 Å². The van der Waals surface area contributed by atoms with Gasteiger partial charge in [0, 0.05) is 22.2 Å². The lowest BCUT2D eigenvalue weighted by atomic mass is 10.1. The lowest BCUT2D eigenvalue weighted by Gasteiger charge is -2.12. The van der Waals surface area contributed by atoms with Crippen LogP contribution < -0.4 is 14.9 Å². The molecule has 0 atom stereocenters. The van der Waals surface area contributed by atoms with E-state index in [2.05, 4.69) is 15.5 Å². The first-order chi connectivity index (χ1) is 16.0. The monoisotopic (exact) mass is 479 g/mol. The number of benzene rings is 3. The molecule has 0 unspecified atom stereocenters.